The molecule has 0 saturated carbocycles. The molecule has 4 heteroatoms. The smallest absolute Gasteiger partial charge is 0.258 e. The summed E-state index contributed by atoms with van der Waals surface area (Å²) >= 11 is 0. The van der Waals surface area contributed by atoms with Gasteiger partial charge in [-0.25, -0.2) is 0 Å². The summed E-state index contributed by atoms with van der Waals surface area (Å²) in [5, 5.41) is 3.43. The lowest BCUT2D eigenvalue weighted by Gasteiger charge is -2.42. The molecule has 29 heavy (non-hydrogen) atoms. The van der Waals surface area contributed by atoms with E-state index < -0.39 is 8.32 Å². The van der Waals surface area contributed by atoms with Gasteiger partial charge in [0.25, 0.3) is 8.32 Å². The molecule has 0 atom stereocenters. The lowest BCUT2D eigenvalue weighted by Crippen LogP contribution is -2.50. The van der Waals surface area contributed by atoms with Crippen molar-refractivity contribution in [2.75, 3.05) is 0 Å². The summed E-state index contributed by atoms with van der Waals surface area (Å²) in [6, 6.07) is 8.45. The molecule has 0 amide bonds. The van der Waals surface area contributed by atoms with Gasteiger partial charge in [0.15, 0.2) is 11.3 Å². The van der Waals surface area contributed by atoms with E-state index >= 15 is 0 Å². The standard InChI is InChI=1S/C25H34O3Si/c1-16(2)29(17(3)4,18(5)6)28-24-22-13-9-8-12-21(22)19(7)23-20(11-10-14-26)15-27-25(23)24/h8-9,12-18H,10-11H2,1-7H3. The Morgan fingerprint density at radius 2 is 1.59 bits per heavy atom. The van der Waals surface area contributed by atoms with Crippen LogP contribution in [0.3, 0.4) is 0 Å². The van der Waals surface area contributed by atoms with Crippen molar-refractivity contribution in [1.29, 1.82) is 0 Å². The third-order valence-electron chi connectivity index (χ3n) is 6.54. The molecule has 0 saturated heterocycles. The molecule has 0 aliphatic heterocycles. The molecule has 3 aromatic rings. The maximum atomic E-state index is 11.0. The number of benzene rings is 2. The van der Waals surface area contributed by atoms with E-state index in [0.717, 1.165) is 34.0 Å². The summed E-state index contributed by atoms with van der Waals surface area (Å²) in [7, 11) is -2.15. The van der Waals surface area contributed by atoms with E-state index in [0.29, 0.717) is 29.5 Å². The van der Waals surface area contributed by atoms with Gasteiger partial charge in [0, 0.05) is 17.2 Å². The number of aldehydes is 1. The van der Waals surface area contributed by atoms with Crippen molar-refractivity contribution < 1.29 is 13.6 Å². The monoisotopic (exact) mass is 410 g/mol. The first-order chi connectivity index (χ1) is 13.8. The summed E-state index contributed by atoms with van der Waals surface area (Å²) in [4.78, 5) is 11.0. The van der Waals surface area contributed by atoms with Crippen molar-refractivity contribution in [3.8, 4) is 5.75 Å². The predicted molar refractivity (Wildman–Crippen MR) is 125 cm³/mol. The SMILES string of the molecule is Cc1c2ccccc2c(O[Si](C(C)C)(C(C)C)C(C)C)c2occ(CCC=O)c12. The summed E-state index contributed by atoms with van der Waals surface area (Å²) in [5.41, 5.74) is 4.54. The fourth-order valence-electron chi connectivity index (χ4n) is 5.27. The second-order valence-electron chi connectivity index (χ2n) is 9.09. The van der Waals surface area contributed by atoms with Crippen LogP contribution in [0.5, 0.6) is 5.75 Å². The number of carbonyl (C=O) groups excluding carboxylic acids is 1. The molecule has 0 aliphatic rings. The van der Waals surface area contributed by atoms with Crippen molar-refractivity contribution in [1.82, 2.24) is 0 Å². The van der Waals surface area contributed by atoms with E-state index in [1.165, 1.54) is 10.9 Å². The zero-order valence-corrected chi connectivity index (χ0v) is 19.8. The average Bonchev–Trinajstić information content (AvgIpc) is 3.09. The van der Waals surface area contributed by atoms with Crippen LogP contribution in [0.25, 0.3) is 21.7 Å². The van der Waals surface area contributed by atoms with Gasteiger partial charge in [-0.1, -0.05) is 65.8 Å². The van der Waals surface area contributed by atoms with Gasteiger partial charge in [0.05, 0.1) is 6.26 Å². The molecule has 1 heterocycles. The number of rotatable bonds is 8. The van der Waals surface area contributed by atoms with Crippen LogP contribution in [-0.2, 0) is 11.2 Å². The number of furan rings is 1. The Morgan fingerprint density at radius 1 is 1.00 bits per heavy atom. The van der Waals surface area contributed by atoms with Gasteiger partial charge in [-0.2, -0.15) is 0 Å². The van der Waals surface area contributed by atoms with E-state index in [2.05, 4.69) is 72.7 Å². The summed E-state index contributed by atoms with van der Waals surface area (Å²) in [6.45, 7) is 16.0. The Kier molecular flexibility index (Phi) is 6.23. The van der Waals surface area contributed by atoms with E-state index in [1.807, 2.05) is 6.26 Å². The zero-order chi connectivity index (χ0) is 21.3. The van der Waals surface area contributed by atoms with E-state index in [4.69, 9.17) is 8.84 Å². The molecule has 0 spiro atoms. The summed E-state index contributed by atoms with van der Waals surface area (Å²) in [6.07, 6.45) is 3.98. The first kappa shape index (κ1) is 21.6. The Morgan fingerprint density at radius 3 is 2.14 bits per heavy atom. The van der Waals surface area contributed by atoms with Gasteiger partial charge in [0.1, 0.15) is 6.29 Å². The van der Waals surface area contributed by atoms with Gasteiger partial charge >= 0.3 is 0 Å². The minimum absolute atomic E-state index is 0.474. The minimum atomic E-state index is -2.15. The average molecular weight is 411 g/mol. The van der Waals surface area contributed by atoms with Gasteiger partial charge < -0.3 is 13.6 Å². The van der Waals surface area contributed by atoms with Gasteiger partial charge in [0.2, 0.25) is 0 Å². The third kappa shape index (κ3) is 3.52. The summed E-state index contributed by atoms with van der Waals surface area (Å²) in [5.74, 6) is 0.890. The van der Waals surface area contributed by atoms with Crippen LogP contribution in [0.2, 0.25) is 16.6 Å². The quantitative estimate of drug-likeness (QED) is 0.284. The predicted octanol–water partition coefficient (Wildman–Crippen LogP) is 7.58. The van der Waals surface area contributed by atoms with Crippen LogP contribution < -0.4 is 4.43 Å². The van der Waals surface area contributed by atoms with Crippen molar-refractivity contribution in [3.05, 3.63) is 41.7 Å². The normalized spacial score (nSPS) is 12.6. The van der Waals surface area contributed by atoms with E-state index in [1.54, 1.807) is 0 Å². The lowest BCUT2D eigenvalue weighted by molar-refractivity contribution is -0.107. The zero-order valence-electron chi connectivity index (χ0n) is 18.8. The molecule has 2 aromatic carbocycles. The first-order valence-electron chi connectivity index (χ1n) is 10.8. The number of aryl methyl sites for hydroxylation is 2. The van der Waals surface area contributed by atoms with Gasteiger partial charge in [-0.3, -0.25) is 0 Å². The van der Waals surface area contributed by atoms with E-state index in [9.17, 15) is 4.79 Å². The Balaban J connectivity index is 2.34. The number of hydrogen-bond acceptors (Lipinski definition) is 3. The molecule has 0 bridgehead atoms. The summed E-state index contributed by atoms with van der Waals surface area (Å²) < 4.78 is 13.3. The molecule has 3 rings (SSSR count). The van der Waals surface area contributed by atoms with Crippen LogP contribution >= 0.6 is 0 Å². The Bertz CT molecular complexity index is 992. The second-order valence-corrected chi connectivity index (χ2v) is 14.5. The maximum Gasteiger partial charge on any atom is 0.258 e. The highest BCUT2D eigenvalue weighted by molar-refractivity contribution is 6.78. The Hall–Kier alpha value is -2.07. The molecular formula is C25H34O3Si. The van der Waals surface area contributed by atoms with Crippen LogP contribution in [-0.4, -0.2) is 14.6 Å². The molecule has 0 radical (unpaired) electrons. The van der Waals surface area contributed by atoms with Crippen LogP contribution in [0.4, 0.5) is 0 Å². The number of carbonyl (C=O) groups is 1. The molecule has 0 aliphatic carbocycles. The minimum Gasteiger partial charge on any atom is -0.540 e. The van der Waals surface area contributed by atoms with Crippen molar-refractivity contribution >= 4 is 36.3 Å². The molecule has 3 nitrogen and oxygen atoms in total. The second kappa shape index (κ2) is 8.35. The molecule has 156 valence electrons. The van der Waals surface area contributed by atoms with E-state index in [-0.39, 0.29) is 0 Å². The Labute approximate surface area is 175 Å². The van der Waals surface area contributed by atoms with Crippen LogP contribution in [0.15, 0.2) is 34.9 Å². The third-order valence-corrected chi connectivity index (χ3v) is 12.5. The number of fused-ring (bicyclic) bond motifs is 2. The molecule has 0 N–H and O–H groups in total. The van der Waals surface area contributed by atoms with Gasteiger partial charge in [-0.05, 0) is 46.5 Å². The highest BCUT2D eigenvalue weighted by Gasteiger charge is 2.47. The maximum absolute atomic E-state index is 11.0. The number of hydrogen-bond donors (Lipinski definition) is 0. The highest BCUT2D eigenvalue weighted by Crippen LogP contribution is 2.48. The highest BCUT2D eigenvalue weighted by atomic mass is 28.4. The molecular weight excluding hydrogens is 376 g/mol. The molecule has 0 fully saturated rings. The van der Waals surface area contributed by atoms with Crippen molar-refractivity contribution in [2.24, 2.45) is 0 Å². The van der Waals surface area contributed by atoms with Crippen molar-refractivity contribution in [3.63, 3.8) is 0 Å². The largest absolute Gasteiger partial charge is 0.540 e. The fourth-order valence-corrected chi connectivity index (χ4v) is 10.5. The fraction of sp³-hybridized carbons (Fsp3) is 0.480. The van der Waals surface area contributed by atoms with Crippen molar-refractivity contribution in [2.45, 2.75) is 77.9 Å². The van der Waals surface area contributed by atoms with Crippen LogP contribution in [0.1, 0.15) is 59.1 Å². The first-order valence-corrected chi connectivity index (χ1v) is 12.9. The lowest BCUT2D eigenvalue weighted by atomic mass is 9.97. The van der Waals surface area contributed by atoms with Gasteiger partial charge in [-0.15, -0.1) is 0 Å². The molecule has 0 unspecified atom stereocenters. The van der Waals surface area contributed by atoms with Crippen LogP contribution in [0, 0.1) is 6.92 Å². The topological polar surface area (TPSA) is 39.4 Å². The molecule has 1 aromatic heterocycles.